The molecule has 1 aromatic heterocycles. The third kappa shape index (κ3) is 3.03. The van der Waals surface area contributed by atoms with E-state index in [9.17, 15) is 0 Å². The van der Waals surface area contributed by atoms with E-state index in [-0.39, 0.29) is 0 Å². The summed E-state index contributed by atoms with van der Waals surface area (Å²) < 4.78 is 6.39. The van der Waals surface area contributed by atoms with Gasteiger partial charge in [-0.3, -0.25) is 0 Å². The van der Waals surface area contributed by atoms with Gasteiger partial charge in [-0.15, -0.1) is 0 Å². The molecule has 0 fully saturated rings. The third-order valence-corrected chi connectivity index (χ3v) is 2.94. The maximum atomic E-state index is 5.65. The molecular formula is C13H13BrN2O. The highest BCUT2D eigenvalue weighted by atomic mass is 79.9. The fourth-order valence-electron chi connectivity index (χ4n) is 1.41. The van der Waals surface area contributed by atoms with Crippen molar-refractivity contribution in [3.8, 4) is 11.6 Å². The lowest BCUT2D eigenvalue weighted by atomic mass is 10.0. The monoisotopic (exact) mass is 292 g/mol. The van der Waals surface area contributed by atoms with Crippen molar-refractivity contribution in [2.45, 2.75) is 19.8 Å². The average Bonchev–Trinajstić information content (AvgIpc) is 2.33. The van der Waals surface area contributed by atoms with Gasteiger partial charge >= 0.3 is 0 Å². The first-order valence-corrected chi connectivity index (χ1v) is 6.19. The van der Waals surface area contributed by atoms with Gasteiger partial charge in [-0.25, -0.2) is 9.97 Å². The molecular weight excluding hydrogens is 280 g/mol. The van der Waals surface area contributed by atoms with Crippen molar-refractivity contribution in [1.82, 2.24) is 9.97 Å². The van der Waals surface area contributed by atoms with Crippen LogP contribution in [0, 0.1) is 0 Å². The molecule has 0 amide bonds. The van der Waals surface area contributed by atoms with Crippen LogP contribution < -0.4 is 4.74 Å². The molecule has 17 heavy (non-hydrogen) atoms. The Morgan fingerprint density at radius 3 is 2.47 bits per heavy atom. The predicted octanol–water partition coefficient (Wildman–Crippen LogP) is 4.15. The van der Waals surface area contributed by atoms with Crippen LogP contribution in [0.15, 0.2) is 41.3 Å². The van der Waals surface area contributed by atoms with Crippen molar-refractivity contribution in [3.05, 3.63) is 46.8 Å². The van der Waals surface area contributed by atoms with E-state index in [1.807, 2.05) is 12.1 Å². The largest absolute Gasteiger partial charge is 0.438 e. The van der Waals surface area contributed by atoms with Crippen molar-refractivity contribution in [1.29, 1.82) is 0 Å². The minimum atomic E-state index is 0.523. The molecule has 1 aromatic carbocycles. The molecule has 1 heterocycles. The fraction of sp³-hybridized carbons (Fsp3) is 0.231. The Morgan fingerprint density at radius 2 is 1.88 bits per heavy atom. The average molecular weight is 293 g/mol. The van der Waals surface area contributed by atoms with Crippen LogP contribution in [0.25, 0.3) is 0 Å². The van der Waals surface area contributed by atoms with E-state index in [2.05, 4.69) is 51.9 Å². The first-order valence-electron chi connectivity index (χ1n) is 5.40. The highest BCUT2D eigenvalue weighted by Gasteiger charge is 2.04. The minimum Gasteiger partial charge on any atom is -0.438 e. The van der Waals surface area contributed by atoms with Crippen LogP contribution in [0.2, 0.25) is 0 Å². The molecule has 0 aliphatic carbocycles. The lowest BCUT2D eigenvalue weighted by Gasteiger charge is -2.08. The SMILES string of the molecule is CC(C)c1ccc(Oc2ncncc2Br)cc1. The van der Waals surface area contributed by atoms with Gasteiger partial charge in [0.15, 0.2) is 0 Å². The van der Waals surface area contributed by atoms with E-state index in [1.54, 1.807) is 6.20 Å². The Bertz CT molecular complexity index is 497. The maximum Gasteiger partial charge on any atom is 0.236 e. The molecule has 0 aliphatic rings. The summed E-state index contributed by atoms with van der Waals surface area (Å²) in [6.07, 6.45) is 3.12. The Morgan fingerprint density at radius 1 is 1.18 bits per heavy atom. The van der Waals surface area contributed by atoms with Crippen LogP contribution in [-0.4, -0.2) is 9.97 Å². The van der Waals surface area contributed by atoms with Gasteiger partial charge in [0.25, 0.3) is 0 Å². The molecule has 0 radical (unpaired) electrons. The Balaban J connectivity index is 2.17. The normalized spacial score (nSPS) is 10.6. The molecule has 0 bridgehead atoms. The van der Waals surface area contributed by atoms with Gasteiger partial charge in [0.1, 0.15) is 12.1 Å². The first-order chi connectivity index (χ1) is 8.16. The van der Waals surface area contributed by atoms with Crippen molar-refractivity contribution in [3.63, 3.8) is 0 Å². The number of benzene rings is 1. The topological polar surface area (TPSA) is 35.0 Å². The zero-order valence-electron chi connectivity index (χ0n) is 9.72. The van der Waals surface area contributed by atoms with Gasteiger partial charge < -0.3 is 4.74 Å². The summed E-state index contributed by atoms with van der Waals surface area (Å²) in [4.78, 5) is 7.94. The van der Waals surface area contributed by atoms with Gasteiger partial charge in [0, 0.05) is 6.20 Å². The smallest absolute Gasteiger partial charge is 0.236 e. The summed E-state index contributed by atoms with van der Waals surface area (Å²) in [5.41, 5.74) is 1.29. The van der Waals surface area contributed by atoms with E-state index in [0.29, 0.717) is 11.8 Å². The van der Waals surface area contributed by atoms with E-state index < -0.39 is 0 Å². The summed E-state index contributed by atoms with van der Waals surface area (Å²) in [7, 11) is 0. The van der Waals surface area contributed by atoms with Crippen molar-refractivity contribution < 1.29 is 4.74 Å². The van der Waals surface area contributed by atoms with Crippen molar-refractivity contribution in [2.75, 3.05) is 0 Å². The molecule has 0 saturated carbocycles. The number of aromatic nitrogens is 2. The molecule has 3 nitrogen and oxygen atoms in total. The van der Waals surface area contributed by atoms with Crippen molar-refractivity contribution >= 4 is 15.9 Å². The maximum absolute atomic E-state index is 5.65. The van der Waals surface area contributed by atoms with Crippen molar-refractivity contribution in [2.24, 2.45) is 0 Å². The molecule has 4 heteroatoms. The second-order valence-corrected chi connectivity index (χ2v) is 4.86. The number of halogens is 1. The second-order valence-electron chi connectivity index (χ2n) is 4.00. The van der Waals surface area contributed by atoms with Crippen LogP contribution in [0.1, 0.15) is 25.3 Å². The fourth-order valence-corrected chi connectivity index (χ4v) is 1.71. The van der Waals surface area contributed by atoms with Gasteiger partial charge in [-0.1, -0.05) is 26.0 Å². The van der Waals surface area contributed by atoms with E-state index in [0.717, 1.165) is 10.2 Å². The lowest BCUT2D eigenvalue weighted by molar-refractivity contribution is 0.457. The molecule has 88 valence electrons. The summed E-state index contributed by atoms with van der Waals surface area (Å²) in [5.74, 6) is 1.82. The number of ether oxygens (including phenoxy) is 1. The van der Waals surface area contributed by atoms with Crippen LogP contribution in [0.4, 0.5) is 0 Å². The second kappa shape index (κ2) is 5.27. The summed E-state index contributed by atoms with van der Waals surface area (Å²) in [6, 6.07) is 8.03. The quantitative estimate of drug-likeness (QED) is 0.852. The van der Waals surface area contributed by atoms with E-state index in [1.165, 1.54) is 11.9 Å². The third-order valence-electron chi connectivity index (χ3n) is 2.40. The molecule has 0 atom stereocenters. The summed E-state index contributed by atoms with van der Waals surface area (Å²) >= 11 is 3.34. The zero-order valence-corrected chi connectivity index (χ0v) is 11.3. The summed E-state index contributed by atoms with van der Waals surface area (Å²) in [6.45, 7) is 4.33. The van der Waals surface area contributed by atoms with E-state index >= 15 is 0 Å². The van der Waals surface area contributed by atoms with Crippen LogP contribution in [0.5, 0.6) is 11.6 Å². The molecule has 0 spiro atoms. The first kappa shape index (κ1) is 12.0. The number of rotatable bonds is 3. The van der Waals surface area contributed by atoms with E-state index in [4.69, 9.17) is 4.74 Å². The Kier molecular flexibility index (Phi) is 3.74. The van der Waals surface area contributed by atoms with Gasteiger partial charge in [0.05, 0.1) is 4.47 Å². The molecule has 2 rings (SSSR count). The van der Waals surface area contributed by atoms with Gasteiger partial charge in [-0.2, -0.15) is 0 Å². The Labute approximate surface area is 109 Å². The van der Waals surface area contributed by atoms with Crippen LogP contribution in [0.3, 0.4) is 0 Å². The number of hydrogen-bond acceptors (Lipinski definition) is 3. The molecule has 2 aromatic rings. The van der Waals surface area contributed by atoms with Crippen LogP contribution >= 0.6 is 15.9 Å². The highest BCUT2D eigenvalue weighted by Crippen LogP contribution is 2.27. The summed E-state index contributed by atoms with van der Waals surface area (Å²) in [5, 5.41) is 0. The Hall–Kier alpha value is -1.42. The van der Waals surface area contributed by atoms with Gasteiger partial charge in [-0.05, 0) is 39.5 Å². The van der Waals surface area contributed by atoms with Crippen LogP contribution in [-0.2, 0) is 0 Å². The number of nitrogens with zero attached hydrogens (tertiary/aromatic N) is 2. The molecule has 0 saturated heterocycles. The lowest BCUT2D eigenvalue weighted by Crippen LogP contribution is -1.91. The predicted molar refractivity (Wildman–Crippen MR) is 70.3 cm³/mol. The zero-order chi connectivity index (χ0) is 12.3. The minimum absolute atomic E-state index is 0.523. The standard InChI is InChI=1S/C13H13BrN2O/c1-9(2)10-3-5-11(6-4-10)17-13-12(14)7-15-8-16-13/h3-9H,1-2H3. The molecule has 0 aliphatic heterocycles. The highest BCUT2D eigenvalue weighted by molar-refractivity contribution is 9.10. The van der Waals surface area contributed by atoms with Gasteiger partial charge in [0.2, 0.25) is 5.88 Å². The molecule has 0 unspecified atom stereocenters. The molecule has 0 N–H and O–H groups in total. The number of hydrogen-bond donors (Lipinski definition) is 0.